The van der Waals surface area contributed by atoms with E-state index in [1.165, 1.54) is 0 Å². The minimum absolute atomic E-state index is 0.110. The van der Waals surface area contributed by atoms with E-state index in [1.807, 2.05) is 30.3 Å². The lowest BCUT2D eigenvalue weighted by Crippen LogP contribution is -2.19. The summed E-state index contributed by atoms with van der Waals surface area (Å²) in [4.78, 5) is 14.8. The zero-order valence-electron chi connectivity index (χ0n) is 10.4. The van der Waals surface area contributed by atoms with Gasteiger partial charge < -0.3 is 15.8 Å². The summed E-state index contributed by atoms with van der Waals surface area (Å²) in [6.45, 7) is 0.545. The third-order valence-corrected chi connectivity index (χ3v) is 2.44. The Bertz CT molecular complexity index is 526. The molecule has 0 fully saturated rings. The molecule has 0 aliphatic heterocycles. The number of carbonyl (C=O) groups is 1. The molecule has 1 aromatic carbocycles. The molecule has 0 saturated heterocycles. The quantitative estimate of drug-likeness (QED) is 0.823. The first-order chi connectivity index (χ1) is 9.24. The van der Waals surface area contributed by atoms with E-state index >= 15 is 0 Å². The van der Waals surface area contributed by atoms with Crippen LogP contribution >= 0.6 is 0 Å². The topological polar surface area (TPSA) is 77.2 Å². The van der Waals surface area contributed by atoms with Gasteiger partial charge in [0.2, 0.25) is 0 Å². The average Bonchev–Trinajstić information content (AvgIpc) is 2.45. The van der Waals surface area contributed by atoms with Crippen molar-refractivity contribution < 1.29 is 9.53 Å². The molecule has 2 aromatic rings. The normalized spacial score (nSPS) is 9.89. The minimum Gasteiger partial charge on any atom is -0.484 e. The SMILES string of the molecule is NC(=O)COc1ccc(NCc2ccccn2)cc1. The summed E-state index contributed by atoms with van der Waals surface area (Å²) in [5.41, 5.74) is 6.92. The van der Waals surface area contributed by atoms with Gasteiger partial charge in [0.15, 0.2) is 6.61 Å². The molecule has 0 unspecified atom stereocenters. The van der Waals surface area contributed by atoms with Crippen LogP contribution in [0.15, 0.2) is 48.7 Å². The molecule has 0 bridgehead atoms. The summed E-state index contributed by atoms with van der Waals surface area (Å²) in [7, 11) is 0. The van der Waals surface area contributed by atoms with Crippen LogP contribution in [0.3, 0.4) is 0 Å². The Hall–Kier alpha value is -2.56. The number of nitrogens with zero attached hydrogens (tertiary/aromatic N) is 1. The molecule has 19 heavy (non-hydrogen) atoms. The van der Waals surface area contributed by atoms with E-state index in [9.17, 15) is 4.79 Å². The lowest BCUT2D eigenvalue weighted by Gasteiger charge is -2.07. The van der Waals surface area contributed by atoms with Gasteiger partial charge in [0.1, 0.15) is 5.75 Å². The van der Waals surface area contributed by atoms with E-state index in [4.69, 9.17) is 10.5 Å². The number of pyridine rings is 1. The largest absolute Gasteiger partial charge is 0.484 e. The van der Waals surface area contributed by atoms with Gasteiger partial charge in [0.05, 0.1) is 12.2 Å². The van der Waals surface area contributed by atoms with Crippen LogP contribution in [0.5, 0.6) is 5.75 Å². The molecule has 1 aromatic heterocycles. The van der Waals surface area contributed by atoms with Gasteiger partial charge in [-0.05, 0) is 36.4 Å². The molecule has 0 spiro atoms. The number of primary amides is 1. The standard InChI is InChI=1S/C14H15N3O2/c15-14(18)10-19-13-6-4-11(5-7-13)17-9-12-3-1-2-8-16-12/h1-8,17H,9-10H2,(H2,15,18). The van der Waals surface area contributed by atoms with E-state index in [-0.39, 0.29) is 6.61 Å². The summed E-state index contributed by atoms with van der Waals surface area (Å²) < 4.78 is 5.17. The molecule has 1 heterocycles. The molecule has 2 rings (SSSR count). The van der Waals surface area contributed by atoms with Gasteiger partial charge in [0.25, 0.3) is 5.91 Å². The Labute approximate surface area is 111 Å². The fourth-order valence-corrected chi connectivity index (χ4v) is 1.52. The number of amides is 1. The van der Waals surface area contributed by atoms with Crippen LogP contribution in [0.1, 0.15) is 5.69 Å². The maximum Gasteiger partial charge on any atom is 0.255 e. The van der Waals surface area contributed by atoms with Crippen LogP contribution in [-0.4, -0.2) is 17.5 Å². The highest BCUT2D eigenvalue weighted by molar-refractivity contribution is 5.75. The number of anilines is 1. The van der Waals surface area contributed by atoms with Gasteiger partial charge in [-0.2, -0.15) is 0 Å². The predicted octanol–water partition coefficient (Wildman–Crippen LogP) is 1.56. The minimum atomic E-state index is -0.489. The second kappa shape index (κ2) is 6.39. The van der Waals surface area contributed by atoms with Crippen LogP contribution in [0.4, 0.5) is 5.69 Å². The van der Waals surface area contributed by atoms with Crippen molar-refractivity contribution in [3.63, 3.8) is 0 Å². The number of carbonyl (C=O) groups excluding carboxylic acids is 1. The van der Waals surface area contributed by atoms with E-state index in [1.54, 1.807) is 18.3 Å². The zero-order chi connectivity index (χ0) is 13.5. The van der Waals surface area contributed by atoms with Crippen molar-refractivity contribution in [1.82, 2.24) is 4.98 Å². The maximum atomic E-state index is 10.6. The second-order valence-electron chi connectivity index (χ2n) is 3.95. The molecule has 98 valence electrons. The molecular weight excluding hydrogens is 242 g/mol. The fourth-order valence-electron chi connectivity index (χ4n) is 1.52. The van der Waals surface area contributed by atoms with Crippen molar-refractivity contribution in [2.24, 2.45) is 5.73 Å². The van der Waals surface area contributed by atoms with Crippen molar-refractivity contribution in [3.05, 3.63) is 54.4 Å². The second-order valence-corrected chi connectivity index (χ2v) is 3.95. The highest BCUT2D eigenvalue weighted by atomic mass is 16.5. The van der Waals surface area contributed by atoms with Crippen LogP contribution < -0.4 is 15.8 Å². The van der Waals surface area contributed by atoms with Crippen LogP contribution in [0.25, 0.3) is 0 Å². The maximum absolute atomic E-state index is 10.6. The molecular formula is C14H15N3O2. The van der Waals surface area contributed by atoms with E-state index < -0.39 is 5.91 Å². The first kappa shape index (κ1) is 12.9. The number of hydrogen-bond acceptors (Lipinski definition) is 4. The molecule has 0 aliphatic carbocycles. The Kier molecular flexibility index (Phi) is 4.34. The summed E-state index contributed by atoms with van der Waals surface area (Å²) in [5.74, 6) is 0.125. The van der Waals surface area contributed by atoms with Gasteiger partial charge in [-0.1, -0.05) is 6.07 Å². The highest BCUT2D eigenvalue weighted by Crippen LogP contribution is 2.16. The van der Waals surface area contributed by atoms with Gasteiger partial charge >= 0.3 is 0 Å². The number of hydrogen-bond donors (Lipinski definition) is 2. The van der Waals surface area contributed by atoms with Crippen molar-refractivity contribution in [1.29, 1.82) is 0 Å². The van der Waals surface area contributed by atoms with Crippen LogP contribution in [-0.2, 0) is 11.3 Å². The van der Waals surface area contributed by atoms with Gasteiger partial charge in [-0.15, -0.1) is 0 Å². The van der Waals surface area contributed by atoms with Crippen molar-refractivity contribution in [3.8, 4) is 5.75 Å². The van der Waals surface area contributed by atoms with E-state index in [0.717, 1.165) is 11.4 Å². The smallest absolute Gasteiger partial charge is 0.255 e. The number of ether oxygens (including phenoxy) is 1. The van der Waals surface area contributed by atoms with Crippen molar-refractivity contribution in [2.75, 3.05) is 11.9 Å². The van der Waals surface area contributed by atoms with Crippen molar-refractivity contribution >= 4 is 11.6 Å². The van der Waals surface area contributed by atoms with Crippen molar-refractivity contribution in [2.45, 2.75) is 6.54 Å². The number of nitrogens with two attached hydrogens (primary N) is 1. The van der Waals surface area contributed by atoms with Gasteiger partial charge in [-0.25, -0.2) is 0 Å². The molecule has 0 atom stereocenters. The molecule has 0 radical (unpaired) electrons. The first-order valence-electron chi connectivity index (χ1n) is 5.89. The third-order valence-electron chi connectivity index (χ3n) is 2.44. The number of nitrogens with one attached hydrogen (secondary N) is 1. The molecule has 1 amide bonds. The Morgan fingerprint density at radius 2 is 2.00 bits per heavy atom. The third kappa shape index (κ3) is 4.31. The highest BCUT2D eigenvalue weighted by Gasteiger charge is 1.98. The molecule has 5 heteroatoms. The average molecular weight is 257 g/mol. The number of aromatic nitrogens is 1. The lowest BCUT2D eigenvalue weighted by molar-refractivity contribution is -0.119. The monoisotopic (exact) mass is 257 g/mol. The van der Waals surface area contributed by atoms with E-state index in [0.29, 0.717) is 12.3 Å². The molecule has 0 aliphatic rings. The van der Waals surface area contributed by atoms with E-state index in [2.05, 4.69) is 10.3 Å². The molecule has 0 saturated carbocycles. The first-order valence-corrected chi connectivity index (χ1v) is 5.89. The van der Waals surface area contributed by atoms with Crippen LogP contribution in [0.2, 0.25) is 0 Å². The van der Waals surface area contributed by atoms with Crippen LogP contribution in [0, 0.1) is 0 Å². The zero-order valence-corrected chi connectivity index (χ0v) is 10.4. The molecule has 5 nitrogen and oxygen atoms in total. The van der Waals surface area contributed by atoms with Gasteiger partial charge in [-0.3, -0.25) is 9.78 Å². The lowest BCUT2D eigenvalue weighted by atomic mass is 10.3. The Morgan fingerprint density at radius 3 is 2.63 bits per heavy atom. The number of rotatable bonds is 6. The molecule has 3 N–H and O–H groups in total. The summed E-state index contributed by atoms with van der Waals surface area (Å²) in [6.07, 6.45) is 1.76. The Morgan fingerprint density at radius 1 is 1.21 bits per heavy atom. The summed E-state index contributed by atoms with van der Waals surface area (Å²) in [5, 5.41) is 3.24. The van der Waals surface area contributed by atoms with Gasteiger partial charge in [0, 0.05) is 11.9 Å². The predicted molar refractivity (Wildman–Crippen MR) is 72.7 cm³/mol. The summed E-state index contributed by atoms with van der Waals surface area (Å²) >= 11 is 0. The number of benzene rings is 1. The summed E-state index contributed by atoms with van der Waals surface area (Å²) in [6, 6.07) is 13.1. The fraction of sp³-hybridized carbons (Fsp3) is 0.143. The Balaban J connectivity index is 1.86.